The monoisotopic (exact) mass is 248 g/mol. The summed E-state index contributed by atoms with van der Waals surface area (Å²) in [6.45, 7) is 8.67. The van der Waals surface area contributed by atoms with E-state index in [9.17, 15) is 5.11 Å². The Kier molecular flexibility index (Phi) is 4.25. The summed E-state index contributed by atoms with van der Waals surface area (Å²) < 4.78 is 0. The van der Waals surface area contributed by atoms with Gasteiger partial charge in [-0.25, -0.2) is 0 Å². The molecule has 1 aromatic rings. The highest BCUT2D eigenvalue weighted by atomic mass is 16.3. The van der Waals surface area contributed by atoms with Crippen molar-refractivity contribution in [2.45, 2.75) is 39.3 Å². The smallest absolute Gasteiger partial charge is 0.0601 e. The van der Waals surface area contributed by atoms with Crippen molar-refractivity contribution in [3.63, 3.8) is 0 Å². The summed E-state index contributed by atoms with van der Waals surface area (Å²) in [6, 6.07) is 7.16. The van der Waals surface area contributed by atoms with Crippen LogP contribution in [0.1, 0.15) is 24.5 Å². The minimum atomic E-state index is 0.176. The number of benzene rings is 1. The van der Waals surface area contributed by atoms with E-state index in [4.69, 9.17) is 0 Å². The molecule has 2 rings (SSSR count). The lowest BCUT2D eigenvalue weighted by atomic mass is 10.0. The molecule has 2 N–H and O–H groups in total. The molecule has 1 fully saturated rings. The molecule has 1 saturated heterocycles. The fraction of sp³-hybridized carbons (Fsp3) is 0.600. The van der Waals surface area contributed by atoms with Gasteiger partial charge in [0, 0.05) is 24.3 Å². The van der Waals surface area contributed by atoms with Crippen molar-refractivity contribution in [2.75, 3.05) is 24.6 Å². The van der Waals surface area contributed by atoms with E-state index >= 15 is 0 Å². The van der Waals surface area contributed by atoms with Gasteiger partial charge in [-0.2, -0.15) is 0 Å². The van der Waals surface area contributed by atoms with Gasteiger partial charge in [0.25, 0.3) is 0 Å². The minimum Gasteiger partial charge on any atom is -0.395 e. The quantitative estimate of drug-likeness (QED) is 0.838. The van der Waals surface area contributed by atoms with E-state index in [1.54, 1.807) is 0 Å². The Bertz CT molecular complexity index is 405. The summed E-state index contributed by atoms with van der Waals surface area (Å²) in [5.41, 5.74) is 3.99. The van der Waals surface area contributed by atoms with Crippen LogP contribution in [0.15, 0.2) is 18.2 Å². The maximum atomic E-state index is 9.40. The van der Waals surface area contributed by atoms with Crippen molar-refractivity contribution in [1.82, 2.24) is 5.32 Å². The van der Waals surface area contributed by atoms with Crippen LogP contribution in [0.2, 0.25) is 0 Å². The van der Waals surface area contributed by atoms with E-state index in [1.807, 2.05) is 0 Å². The zero-order valence-corrected chi connectivity index (χ0v) is 11.6. The van der Waals surface area contributed by atoms with Gasteiger partial charge >= 0.3 is 0 Å². The molecule has 1 aliphatic heterocycles. The summed E-state index contributed by atoms with van der Waals surface area (Å²) >= 11 is 0. The fourth-order valence-electron chi connectivity index (χ4n) is 2.64. The first kappa shape index (κ1) is 13.4. The number of rotatable bonds is 2. The van der Waals surface area contributed by atoms with Crippen molar-refractivity contribution in [3.8, 4) is 0 Å². The second-order valence-corrected chi connectivity index (χ2v) is 5.34. The van der Waals surface area contributed by atoms with Crippen LogP contribution < -0.4 is 10.2 Å². The molecule has 0 aliphatic carbocycles. The van der Waals surface area contributed by atoms with Crippen LogP contribution in [-0.2, 0) is 0 Å². The van der Waals surface area contributed by atoms with Crippen molar-refractivity contribution in [3.05, 3.63) is 29.3 Å². The first-order valence-corrected chi connectivity index (χ1v) is 6.80. The third kappa shape index (κ3) is 2.68. The Morgan fingerprint density at radius 2 is 2.17 bits per heavy atom. The van der Waals surface area contributed by atoms with E-state index in [0.29, 0.717) is 6.04 Å². The van der Waals surface area contributed by atoms with Gasteiger partial charge in [0.2, 0.25) is 0 Å². The molecular weight excluding hydrogens is 224 g/mol. The summed E-state index contributed by atoms with van der Waals surface area (Å²) in [5.74, 6) is 0. The Morgan fingerprint density at radius 3 is 2.89 bits per heavy atom. The normalized spacial score (nSPS) is 25.0. The molecule has 0 amide bonds. The van der Waals surface area contributed by atoms with Gasteiger partial charge in [0.05, 0.1) is 6.61 Å². The molecule has 18 heavy (non-hydrogen) atoms. The first-order valence-electron chi connectivity index (χ1n) is 6.80. The van der Waals surface area contributed by atoms with Gasteiger partial charge in [-0.05, 0) is 50.9 Å². The Hall–Kier alpha value is -1.06. The molecular formula is C15H24N2O. The van der Waals surface area contributed by atoms with Gasteiger partial charge in [-0.3, -0.25) is 0 Å². The van der Waals surface area contributed by atoms with E-state index in [0.717, 1.165) is 19.5 Å². The molecule has 1 aromatic carbocycles. The Balaban J connectivity index is 2.30. The molecule has 100 valence electrons. The summed E-state index contributed by atoms with van der Waals surface area (Å²) in [7, 11) is 0. The van der Waals surface area contributed by atoms with Crippen molar-refractivity contribution in [2.24, 2.45) is 0 Å². The second kappa shape index (κ2) is 5.72. The molecule has 0 saturated carbocycles. The lowest BCUT2D eigenvalue weighted by Crippen LogP contribution is -2.42. The van der Waals surface area contributed by atoms with Gasteiger partial charge in [-0.15, -0.1) is 0 Å². The van der Waals surface area contributed by atoms with Gasteiger partial charge in [0.15, 0.2) is 0 Å². The van der Waals surface area contributed by atoms with E-state index in [2.05, 4.69) is 49.2 Å². The standard InChI is InChI=1S/C15H24N2O/c1-11-5-4-6-15(13(11)3)17-9-14(10-18)16-8-7-12(17)2/h4-6,12,14,16,18H,7-10H2,1-3H3. The van der Waals surface area contributed by atoms with Crippen LogP contribution in [0.5, 0.6) is 0 Å². The molecule has 0 aromatic heterocycles. The highest BCUT2D eigenvalue weighted by Crippen LogP contribution is 2.26. The molecule has 0 bridgehead atoms. The van der Waals surface area contributed by atoms with E-state index in [1.165, 1.54) is 16.8 Å². The van der Waals surface area contributed by atoms with Crippen LogP contribution in [0, 0.1) is 13.8 Å². The molecule has 0 spiro atoms. The maximum Gasteiger partial charge on any atom is 0.0601 e. The SMILES string of the molecule is Cc1cccc(N2CC(CO)NCCC2C)c1C. The second-order valence-electron chi connectivity index (χ2n) is 5.34. The predicted octanol–water partition coefficient (Wildman–Crippen LogP) is 1.85. The molecule has 1 heterocycles. The molecule has 3 nitrogen and oxygen atoms in total. The zero-order chi connectivity index (χ0) is 13.1. The molecule has 3 heteroatoms. The van der Waals surface area contributed by atoms with Crippen molar-refractivity contribution < 1.29 is 5.11 Å². The molecule has 1 aliphatic rings. The van der Waals surface area contributed by atoms with Gasteiger partial charge in [0.1, 0.15) is 0 Å². The zero-order valence-electron chi connectivity index (χ0n) is 11.6. The lowest BCUT2D eigenvalue weighted by Gasteiger charge is -2.32. The summed E-state index contributed by atoms with van der Waals surface area (Å²) in [6.07, 6.45) is 1.11. The van der Waals surface area contributed by atoms with E-state index < -0.39 is 0 Å². The van der Waals surface area contributed by atoms with Crippen LogP contribution in [-0.4, -0.2) is 36.9 Å². The molecule has 0 radical (unpaired) electrons. The number of aryl methyl sites for hydroxylation is 1. The number of aliphatic hydroxyl groups is 1. The van der Waals surface area contributed by atoms with Crippen molar-refractivity contribution >= 4 is 5.69 Å². The third-order valence-corrected chi connectivity index (χ3v) is 4.05. The maximum absolute atomic E-state index is 9.40. The van der Waals surface area contributed by atoms with Gasteiger partial charge in [-0.1, -0.05) is 12.1 Å². The predicted molar refractivity (Wildman–Crippen MR) is 76.2 cm³/mol. The van der Waals surface area contributed by atoms with Crippen LogP contribution in [0.4, 0.5) is 5.69 Å². The third-order valence-electron chi connectivity index (χ3n) is 4.05. The van der Waals surface area contributed by atoms with E-state index in [-0.39, 0.29) is 12.6 Å². The highest BCUT2D eigenvalue weighted by Gasteiger charge is 2.23. The Morgan fingerprint density at radius 1 is 1.39 bits per heavy atom. The number of anilines is 1. The topological polar surface area (TPSA) is 35.5 Å². The molecule has 2 atom stereocenters. The lowest BCUT2D eigenvalue weighted by molar-refractivity contribution is 0.248. The largest absolute Gasteiger partial charge is 0.395 e. The summed E-state index contributed by atoms with van der Waals surface area (Å²) in [5, 5.41) is 12.8. The number of nitrogens with zero attached hydrogens (tertiary/aromatic N) is 1. The number of aliphatic hydroxyl groups excluding tert-OH is 1. The average molecular weight is 248 g/mol. The number of hydrogen-bond donors (Lipinski definition) is 2. The highest BCUT2D eigenvalue weighted by molar-refractivity contribution is 5.56. The van der Waals surface area contributed by atoms with Gasteiger partial charge < -0.3 is 15.3 Å². The minimum absolute atomic E-state index is 0.176. The number of hydrogen-bond acceptors (Lipinski definition) is 3. The van der Waals surface area contributed by atoms with Crippen LogP contribution in [0.3, 0.4) is 0 Å². The van der Waals surface area contributed by atoms with Crippen LogP contribution >= 0.6 is 0 Å². The molecule has 2 unspecified atom stereocenters. The van der Waals surface area contributed by atoms with Crippen LogP contribution in [0.25, 0.3) is 0 Å². The van der Waals surface area contributed by atoms with Crippen molar-refractivity contribution in [1.29, 1.82) is 0 Å². The Labute approximate surface area is 110 Å². The fourth-order valence-corrected chi connectivity index (χ4v) is 2.64. The first-order chi connectivity index (χ1) is 8.63. The average Bonchev–Trinajstić information content (AvgIpc) is 2.55. The summed E-state index contributed by atoms with van der Waals surface area (Å²) in [4.78, 5) is 2.43. The number of nitrogens with one attached hydrogen (secondary N) is 1.